The van der Waals surface area contributed by atoms with Crippen LogP contribution in [0, 0.1) is 0 Å². The van der Waals surface area contributed by atoms with Gasteiger partial charge in [-0.15, -0.1) is 0 Å². The van der Waals surface area contributed by atoms with E-state index in [0.29, 0.717) is 5.82 Å². The maximum absolute atomic E-state index is 10.4. The smallest absolute Gasteiger partial charge is 0.314 e. The van der Waals surface area contributed by atoms with E-state index in [0.717, 1.165) is 23.7 Å². The van der Waals surface area contributed by atoms with Gasteiger partial charge in [-0.1, -0.05) is 48.1 Å². The van der Waals surface area contributed by atoms with Crippen LogP contribution in [0.25, 0.3) is 11.4 Å². The van der Waals surface area contributed by atoms with Crippen molar-refractivity contribution < 1.29 is 14.4 Å². The van der Waals surface area contributed by atoms with Crippen molar-refractivity contribution in [2.45, 2.75) is 18.6 Å². The number of carbonyl (C=O) groups is 1. The summed E-state index contributed by atoms with van der Waals surface area (Å²) in [4.78, 5) is 14.5. The molecule has 0 aliphatic heterocycles. The molecular formula is C12H12N2O3S. The first-order chi connectivity index (χ1) is 8.69. The van der Waals surface area contributed by atoms with Crippen LogP contribution in [0.1, 0.15) is 12.5 Å². The van der Waals surface area contributed by atoms with Gasteiger partial charge in [-0.25, -0.2) is 0 Å². The molecule has 94 valence electrons. The van der Waals surface area contributed by atoms with Crippen molar-refractivity contribution in [1.82, 2.24) is 10.1 Å². The molecule has 0 aliphatic rings. The molecule has 2 rings (SSSR count). The largest absolute Gasteiger partial charge is 0.481 e. The average molecular weight is 264 g/mol. The van der Waals surface area contributed by atoms with Crippen molar-refractivity contribution in [1.29, 1.82) is 0 Å². The van der Waals surface area contributed by atoms with E-state index in [2.05, 4.69) is 17.1 Å². The summed E-state index contributed by atoms with van der Waals surface area (Å²) < 4.78 is 4.96. The van der Waals surface area contributed by atoms with E-state index in [1.54, 1.807) is 0 Å². The summed E-state index contributed by atoms with van der Waals surface area (Å²) >= 11 is 1.01. The summed E-state index contributed by atoms with van der Waals surface area (Å²) in [6.45, 7) is 2.09. The molecule has 0 amide bonds. The Hall–Kier alpha value is -1.82. The number of thioether (sulfide) groups is 1. The molecule has 0 aliphatic carbocycles. The van der Waals surface area contributed by atoms with Gasteiger partial charge in [0, 0.05) is 5.56 Å². The second kappa shape index (κ2) is 5.68. The molecule has 0 radical (unpaired) electrons. The number of aliphatic carboxylic acids is 1. The molecule has 1 aromatic heterocycles. The first-order valence-corrected chi connectivity index (χ1v) is 6.45. The Bertz CT molecular complexity index is 537. The molecule has 0 fully saturated rings. The molecule has 0 saturated heterocycles. The Morgan fingerprint density at radius 2 is 2.11 bits per heavy atom. The SMILES string of the molecule is CCc1ccc(-c2noc(SCC(=O)O)n2)cc1. The Balaban J connectivity index is 2.10. The lowest BCUT2D eigenvalue weighted by molar-refractivity contribution is -0.133. The first kappa shape index (κ1) is 12.6. The molecule has 0 spiro atoms. The van der Waals surface area contributed by atoms with E-state index in [-0.39, 0.29) is 11.0 Å². The number of rotatable bonds is 5. The third kappa shape index (κ3) is 3.10. The summed E-state index contributed by atoms with van der Waals surface area (Å²) in [5, 5.41) is 12.6. The number of carboxylic acids is 1. The zero-order valence-corrected chi connectivity index (χ0v) is 10.6. The van der Waals surface area contributed by atoms with E-state index >= 15 is 0 Å². The van der Waals surface area contributed by atoms with Crippen LogP contribution in [-0.4, -0.2) is 27.0 Å². The highest BCUT2D eigenvalue weighted by atomic mass is 32.2. The number of aromatic nitrogens is 2. The van der Waals surface area contributed by atoms with Crippen LogP contribution >= 0.6 is 11.8 Å². The van der Waals surface area contributed by atoms with Crippen LogP contribution in [0.3, 0.4) is 0 Å². The van der Waals surface area contributed by atoms with Crippen molar-refractivity contribution in [2.75, 3.05) is 5.75 Å². The molecule has 0 bridgehead atoms. The number of aryl methyl sites for hydroxylation is 1. The Morgan fingerprint density at radius 3 is 2.72 bits per heavy atom. The zero-order chi connectivity index (χ0) is 13.0. The van der Waals surface area contributed by atoms with Crippen molar-refractivity contribution in [3.63, 3.8) is 0 Å². The van der Waals surface area contributed by atoms with Crippen LogP contribution in [0.15, 0.2) is 34.0 Å². The Labute approximate surface area is 108 Å². The summed E-state index contributed by atoms with van der Waals surface area (Å²) in [6, 6.07) is 7.87. The molecule has 5 nitrogen and oxygen atoms in total. The lowest BCUT2D eigenvalue weighted by atomic mass is 10.1. The lowest BCUT2D eigenvalue weighted by Crippen LogP contribution is -1.97. The second-order valence-corrected chi connectivity index (χ2v) is 4.54. The second-order valence-electron chi connectivity index (χ2n) is 3.62. The molecular weight excluding hydrogens is 252 g/mol. The summed E-state index contributed by atoms with van der Waals surface area (Å²) in [5.41, 5.74) is 2.10. The van der Waals surface area contributed by atoms with E-state index in [9.17, 15) is 4.79 Å². The topological polar surface area (TPSA) is 76.2 Å². The molecule has 1 heterocycles. The van der Waals surface area contributed by atoms with E-state index in [1.165, 1.54) is 5.56 Å². The highest BCUT2D eigenvalue weighted by molar-refractivity contribution is 7.99. The minimum atomic E-state index is -0.910. The number of nitrogens with zero attached hydrogens (tertiary/aromatic N) is 2. The fraction of sp³-hybridized carbons (Fsp3) is 0.250. The predicted octanol–water partition coefficient (Wildman–Crippen LogP) is 2.48. The normalized spacial score (nSPS) is 10.5. The van der Waals surface area contributed by atoms with Crippen LogP contribution in [0.2, 0.25) is 0 Å². The fourth-order valence-corrected chi connectivity index (χ4v) is 1.89. The van der Waals surface area contributed by atoms with Gasteiger partial charge < -0.3 is 9.63 Å². The van der Waals surface area contributed by atoms with Gasteiger partial charge in [0.05, 0.1) is 0 Å². The van der Waals surface area contributed by atoms with Crippen molar-refractivity contribution in [3.05, 3.63) is 29.8 Å². The molecule has 0 atom stereocenters. The molecule has 18 heavy (non-hydrogen) atoms. The third-order valence-corrected chi connectivity index (χ3v) is 3.15. The van der Waals surface area contributed by atoms with Gasteiger partial charge in [0.15, 0.2) is 0 Å². The number of hydrogen-bond acceptors (Lipinski definition) is 5. The maximum atomic E-state index is 10.4. The first-order valence-electron chi connectivity index (χ1n) is 5.46. The highest BCUT2D eigenvalue weighted by Gasteiger charge is 2.10. The van der Waals surface area contributed by atoms with Gasteiger partial charge in [-0.2, -0.15) is 4.98 Å². The third-order valence-electron chi connectivity index (χ3n) is 2.35. The molecule has 1 aromatic carbocycles. The van der Waals surface area contributed by atoms with Gasteiger partial charge >= 0.3 is 5.97 Å². The zero-order valence-electron chi connectivity index (χ0n) is 9.79. The molecule has 0 saturated carbocycles. The van der Waals surface area contributed by atoms with Crippen molar-refractivity contribution in [2.24, 2.45) is 0 Å². The minimum absolute atomic E-state index is 0.0869. The fourth-order valence-electron chi connectivity index (χ4n) is 1.40. The Morgan fingerprint density at radius 1 is 1.39 bits per heavy atom. The predicted molar refractivity (Wildman–Crippen MR) is 67.5 cm³/mol. The molecule has 0 unspecified atom stereocenters. The average Bonchev–Trinajstić information content (AvgIpc) is 2.85. The molecule has 1 N–H and O–H groups in total. The number of hydrogen-bond donors (Lipinski definition) is 1. The molecule has 2 aromatic rings. The monoisotopic (exact) mass is 264 g/mol. The quantitative estimate of drug-likeness (QED) is 0.836. The van der Waals surface area contributed by atoms with Gasteiger partial charge in [-0.3, -0.25) is 4.79 Å². The summed E-state index contributed by atoms with van der Waals surface area (Å²) in [6.07, 6.45) is 0.978. The highest BCUT2D eigenvalue weighted by Crippen LogP contribution is 2.21. The Kier molecular flexibility index (Phi) is 3.99. The maximum Gasteiger partial charge on any atom is 0.314 e. The van der Waals surface area contributed by atoms with Crippen LogP contribution in [0.4, 0.5) is 0 Å². The minimum Gasteiger partial charge on any atom is -0.481 e. The van der Waals surface area contributed by atoms with Gasteiger partial charge in [0.25, 0.3) is 5.22 Å². The van der Waals surface area contributed by atoms with Gasteiger partial charge in [-0.05, 0) is 12.0 Å². The van der Waals surface area contributed by atoms with Crippen molar-refractivity contribution >= 4 is 17.7 Å². The standard InChI is InChI=1S/C12H12N2O3S/c1-2-8-3-5-9(6-4-8)11-13-12(17-14-11)18-7-10(15)16/h3-6H,2,7H2,1H3,(H,15,16). The molecule has 6 heteroatoms. The van der Waals surface area contributed by atoms with Crippen LogP contribution in [-0.2, 0) is 11.2 Å². The number of carboxylic acid groups (broad SMARTS) is 1. The number of benzene rings is 1. The van der Waals surface area contributed by atoms with E-state index in [4.69, 9.17) is 9.63 Å². The van der Waals surface area contributed by atoms with Gasteiger partial charge in [0.1, 0.15) is 5.75 Å². The van der Waals surface area contributed by atoms with E-state index < -0.39 is 5.97 Å². The van der Waals surface area contributed by atoms with Gasteiger partial charge in [0.2, 0.25) is 5.82 Å². The van der Waals surface area contributed by atoms with E-state index in [1.807, 2.05) is 24.3 Å². The summed E-state index contributed by atoms with van der Waals surface area (Å²) in [7, 11) is 0. The summed E-state index contributed by atoms with van der Waals surface area (Å²) in [5.74, 6) is -0.520. The lowest BCUT2D eigenvalue weighted by Gasteiger charge is -1.97. The van der Waals surface area contributed by atoms with Crippen LogP contribution < -0.4 is 0 Å². The van der Waals surface area contributed by atoms with Crippen molar-refractivity contribution in [3.8, 4) is 11.4 Å². The van der Waals surface area contributed by atoms with Crippen LogP contribution in [0.5, 0.6) is 0 Å².